The van der Waals surface area contributed by atoms with Crippen LogP contribution < -0.4 is 9.47 Å². The van der Waals surface area contributed by atoms with Crippen molar-refractivity contribution >= 4 is 12.2 Å². The Labute approximate surface area is 147 Å². The van der Waals surface area contributed by atoms with E-state index in [9.17, 15) is 0 Å². The molecule has 1 saturated heterocycles. The highest BCUT2D eigenvalue weighted by Crippen LogP contribution is 2.39. The van der Waals surface area contributed by atoms with Crippen molar-refractivity contribution in [3.63, 3.8) is 0 Å². The lowest BCUT2D eigenvalue weighted by atomic mass is 10.0. The molecule has 24 heavy (non-hydrogen) atoms. The predicted octanol–water partition coefficient (Wildman–Crippen LogP) is 3.25. The van der Waals surface area contributed by atoms with Gasteiger partial charge in [0.25, 0.3) is 0 Å². The number of aromatic nitrogens is 3. The van der Waals surface area contributed by atoms with Crippen LogP contribution in [0.25, 0.3) is 0 Å². The average molecular weight is 348 g/mol. The summed E-state index contributed by atoms with van der Waals surface area (Å²) in [6, 6.07) is 6.26. The second kappa shape index (κ2) is 7.36. The molecule has 0 unspecified atom stereocenters. The number of likely N-dealkylation sites (tertiary alicyclic amines) is 1. The standard InChI is InChI=1S/C17H24N4O2S/c1-4-19-11-18-21(17(19)24)12-20-9-5-6-15(20)14-10-13(22-2)7-8-16(14)23-3/h7-8,10-11,15H,4-6,9,12H2,1-3H3/t15-/m0/s1. The molecule has 7 heteroatoms. The minimum absolute atomic E-state index is 0.281. The first-order valence-corrected chi connectivity index (χ1v) is 8.67. The lowest BCUT2D eigenvalue weighted by molar-refractivity contribution is 0.186. The first-order chi connectivity index (χ1) is 11.7. The van der Waals surface area contributed by atoms with Crippen molar-refractivity contribution in [2.75, 3.05) is 20.8 Å². The zero-order chi connectivity index (χ0) is 17.1. The molecule has 130 valence electrons. The molecule has 0 saturated carbocycles. The lowest BCUT2D eigenvalue weighted by Crippen LogP contribution is -2.27. The van der Waals surface area contributed by atoms with Gasteiger partial charge >= 0.3 is 0 Å². The van der Waals surface area contributed by atoms with E-state index in [0.717, 1.165) is 47.8 Å². The smallest absolute Gasteiger partial charge is 0.198 e. The summed E-state index contributed by atoms with van der Waals surface area (Å²) in [5.74, 6) is 1.75. The second-order valence-corrected chi connectivity index (χ2v) is 6.28. The molecule has 0 amide bonds. The summed E-state index contributed by atoms with van der Waals surface area (Å²) < 4.78 is 15.6. The number of rotatable bonds is 6. The molecule has 2 aromatic rings. The van der Waals surface area contributed by atoms with Gasteiger partial charge in [0, 0.05) is 24.7 Å². The Morgan fingerprint density at radius 2 is 2.12 bits per heavy atom. The maximum atomic E-state index is 5.57. The zero-order valence-corrected chi connectivity index (χ0v) is 15.3. The topological polar surface area (TPSA) is 44.5 Å². The van der Waals surface area contributed by atoms with Crippen molar-refractivity contribution in [1.29, 1.82) is 0 Å². The van der Waals surface area contributed by atoms with Crippen LogP contribution in [0.15, 0.2) is 24.5 Å². The Morgan fingerprint density at radius 1 is 1.29 bits per heavy atom. The molecule has 2 heterocycles. The molecule has 1 aromatic carbocycles. The summed E-state index contributed by atoms with van der Waals surface area (Å²) in [6.07, 6.45) is 4.04. The molecule has 0 aliphatic carbocycles. The van der Waals surface area contributed by atoms with Gasteiger partial charge < -0.3 is 14.0 Å². The quantitative estimate of drug-likeness (QED) is 0.750. The van der Waals surface area contributed by atoms with Gasteiger partial charge in [-0.05, 0) is 50.2 Å². The fourth-order valence-corrected chi connectivity index (χ4v) is 3.59. The van der Waals surface area contributed by atoms with Crippen LogP contribution >= 0.6 is 12.2 Å². The monoisotopic (exact) mass is 348 g/mol. The van der Waals surface area contributed by atoms with Gasteiger partial charge in [-0.1, -0.05) is 0 Å². The molecule has 1 atom stereocenters. The van der Waals surface area contributed by atoms with E-state index in [1.54, 1.807) is 20.5 Å². The van der Waals surface area contributed by atoms with Gasteiger partial charge in [0.05, 0.1) is 20.9 Å². The minimum Gasteiger partial charge on any atom is -0.497 e. The molecule has 1 aliphatic rings. The van der Waals surface area contributed by atoms with Crippen LogP contribution in [0.4, 0.5) is 0 Å². The highest BCUT2D eigenvalue weighted by molar-refractivity contribution is 7.71. The summed E-state index contributed by atoms with van der Waals surface area (Å²) in [7, 11) is 3.40. The fraction of sp³-hybridized carbons (Fsp3) is 0.529. The Bertz CT molecular complexity index is 755. The maximum absolute atomic E-state index is 5.57. The van der Waals surface area contributed by atoms with Crippen LogP contribution in [0, 0.1) is 4.77 Å². The molecule has 0 N–H and O–H groups in total. The van der Waals surface area contributed by atoms with Crippen molar-refractivity contribution in [2.45, 2.75) is 39.0 Å². The van der Waals surface area contributed by atoms with E-state index in [2.05, 4.69) is 23.0 Å². The molecular formula is C17H24N4O2S. The van der Waals surface area contributed by atoms with Crippen molar-refractivity contribution in [3.8, 4) is 11.5 Å². The highest BCUT2D eigenvalue weighted by atomic mass is 32.1. The van der Waals surface area contributed by atoms with Crippen molar-refractivity contribution in [2.24, 2.45) is 0 Å². The highest BCUT2D eigenvalue weighted by Gasteiger charge is 2.29. The van der Waals surface area contributed by atoms with Crippen LogP contribution in [0.5, 0.6) is 11.5 Å². The van der Waals surface area contributed by atoms with Crippen LogP contribution in [0.2, 0.25) is 0 Å². The first-order valence-electron chi connectivity index (χ1n) is 8.26. The number of aryl methyl sites for hydroxylation is 1. The van der Waals surface area contributed by atoms with Crippen LogP contribution in [0.3, 0.4) is 0 Å². The summed E-state index contributed by atoms with van der Waals surface area (Å²) >= 11 is 5.49. The third-order valence-electron chi connectivity index (χ3n) is 4.61. The zero-order valence-electron chi connectivity index (χ0n) is 14.4. The van der Waals surface area contributed by atoms with Crippen molar-refractivity contribution in [1.82, 2.24) is 19.2 Å². The van der Waals surface area contributed by atoms with Gasteiger partial charge in [0.1, 0.15) is 17.8 Å². The van der Waals surface area contributed by atoms with E-state index >= 15 is 0 Å². The van der Waals surface area contributed by atoms with E-state index in [1.807, 2.05) is 21.4 Å². The average Bonchev–Trinajstić information content (AvgIpc) is 3.21. The lowest BCUT2D eigenvalue weighted by Gasteiger charge is -2.26. The second-order valence-electron chi connectivity index (χ2n) is 5.92. The Balaban J connectivity index is 1.88. The number of hydrogen-bond donors (Lipinski definition) is 0. The maximum Gasteiger partial charge on any atom is 0.198 e. The van der Waals surface area contributed by atoms with Crippen LogP contribution in [0.1, 0.15) is 31.4 Å². The SMILES string of the molecule is CCn1cnn(CN2CCC[C@H]2c2cc(OC)ccc2OC)c1=S. The fourth-order valence-electron chi connectivity index (χ4n) is 3.31. The number of benzene rings is 1. The number of methoxy groups -OCH3 is 2. The summed E-state index contributed by atoms with van der Waals surface area (Å²) in [5.41, 5.74) is 1.16. The summed E-state index contributed by atoms with van der Waals surface area (Å²) in [5, 5.41) is 4.43. The predicted molar refractivity (Wildman–Crippen MR) is 95.0 cm³/mol. The van der Waals surface area contributed by atoms with Crippen LogP contribution in [-0.4, -0.2) is 40.0 Å². The Kier molecular flexibility index (Phi) is 5.20. The van der Waals surface area contributed by atoms with Crippen molar-refractivity contribution in [3.05, 3.63) is 34.9 Å². The number of ether oxygens (including phenoxy) is 2. The normalized spacial score (nSPS) is 18.0. The van der Waals surface area contributed by atoms with E-state index in [0.29, 0.717) is 6.67 Å². The minimum atomic E-state index is 0.281. The van der Waals surface area contributed by atoms with Gasteiger partial charge in [0.15, 0.2) is 4.77 Å². The van der Waals surface area contributed by atoms with Gasteiger partial charge in [-0.25, -0.2) is 4.68 Å². The Hall–Kier alpha value is -1.86. The molecular weight excluding hydrogens is 324 g/mol. The molecule has 1 aliphatic heterocycles. The van der Waals surface area contributed by atoms with E-state index in [1.165, 1.54) is 0 Å². The number of hydrogen-bond acceptors (Lipinski definition) is 5. The molecule has 6 nitrogen and oxygen atoms in total. The summed E-state index contributed by atoms with van der Waals surface area (Å²) in [6.45, 7) is 4.62. The van der Waals surface area contributed by atoms with Gasteiger partial charge in [-0.15, -0.1) is 0 Å². The van der Waals surface area contributed by atoms with E-state index in [-0.39, 0.29) is 6.04 Å². The van der Waals surface area contributed by atoms with Crippen LogP contribution in [-0.2, 0) is 13.2 Å². The van der Waals surface area contributed by atoms with Crippen molar-refractivity contribution < 1.29 is 9.47 Å². The molecule has 0 bridgehead atoms. The molecule has 1 fully saturated rings. The van der Waals surface area contributed by atoms with Gasteiger partial charge in [-0.2, -0.15) is 5.10 Å². The molecule has 0 spiro atoms. The number of nitrogens with zero attached hydrogens (tertiary/aromatic N) is 4. The molecule has 0 radical (unpaired) electrons. The van der Waals surface area contributed by atoms with Gasteiger partial charge in [-0.3, -0.25) is 4.90 Å². The third kappa shape index (κ3) is 3.18. The largest absolute Gasteiger partial charge is 0.497 e. The Morgan fingerprint density at radius 3 is 2.79 bits per heavy atom. The molecule has 1 aromatic heterocycles. The molecule has 3 rings (SSSR count). The van der Waals surface area contributed by atoms with Gasteiger partial charge in [0.2, 0.25) is 0 Å². The van der Waals surface area contributed by atoms with E-state index < -0.39 is 0 Å². The summed E-state index contributed by atoms with van der Waals surface area (Å²) in [4.78, 5) is 2.40. The third-order valence-corrected chi connectivity index (χ3v) is 5.06. The first kappa shape index (κ1) is 17.0. The van der Waals surface area contributed by atoms with E-state index in [4.69, 9.17) is 21.7 Å².